The lowest BCUT2D eigenvalue weighted by molar-refractivity contribution is -0.277. The van der Waals surface area contributed by atoms with E-state index in [9.17, 15) is 65.2 Å². The summed E-state index contributed by atoms with van der Waals surface area (Å²) in [5, 5.41) is 55.7. The lowest BCUT2D eigenvalue weighted by Crippen LogP contribution is -2.60. The number of cyclic esters (lactones) is 1. The number of nitrogens with one attached hydrogen (secondary N) is 1. The Kier molecular flexibility index (Phi) is 21.7. The SMILES string of the molecule is CCc1c2c(nc3ccc(OS(=O)(=O)Cc4cc(CS(=O)(=O)Oc5cc(/C=C\c6cc(OC)c(OC)c(OC)c6)ccc5OC)ccc4OCc4ccc(OS(=O)(=O)Oc5cc(C(=O)NC(C)C)ccc5O[C@@H]5O[C@H](CO)[C@H](O)[C@H](O)[C@H]5O)cc4)cc13)-c1cc3c(c(=O)n1C2)COC(=O)C3(O)CC. The molecule has 1 fully saturated rings. The highest BCUT2D eigenvalue weighted by Gasteiger charge is 2.47. The second-order valence-corrected chi connectivity index (χ2v) is 28.7. The Hall–Kier alpha value is -10.0. The number of pyridine rings is 2. The molecule has 8 aromatic rings. The van der Waals surface area contributed by atoms with Crippen molar-refractivity contribution in [3.8, 4) is 68.9 Å². The van der Waals surface area contributed by atoms with Gasteiger partial charge >= 0.3 is 36.6 Å². The van der Waals surface area contributed by atoms with Crippen molar-refractivity contribution in [2.24, 2.45) is 0 Å². The number of aliphatic hydroxyl groups excluding tert-OH is 4. The molecule has 0 spiro atoms. The van der Waals surface area contributed by atoms with Crippen molar-refractivity contribution < 1.29 is 115 Å². The summed E-state index contributed by atoms with van der Waals surface area (Å²) in [5.74, 6) is -3.69. The largest absolute Gasteiger partial charge is 0.501 e. The predicted octanol–water partition coefficient (Wildman–Crippen LogP) is 6.26. The second kappa shape index (κ2) is 30.1. The van der Waals surface area contributed by atoms with Crippen LogP contribution in [-0.4, -0.2) is 144 Å². The van der Waals surface area contributed by atoms with E-state index in [0.29, 0.717) is 73.8 Å². The van der Waals surface area contributed by atoms with E-state index in [1.54, 1.807) is 63.3 Å². The van der Waals surface area contributed by atoms with Gasteiger partial charge in [0.15, 0.2) is 40.1 Å². The Morgan fingerprint density at radius 1 is 0.680 bits per heavy atom. The number of esters is 1. The van der Waals surface area contributed by atoms with Gasteiger partial charge in [-0.3, -0.25) is 9.59 Å². The predicted molar refractivity (Wildman–Crippen MR) is 369 cm³/mol. The highest BCUT2D eigenvalue weighted by Crippen LogP contribution is 2.43. The number of aryl methyl sites for hydroxylation is 1. The molecule has 546 valence electrons. The highest BCUT2D eigenvalue weighted by atomic mass is 32.3. The van der Waals surface area contributed by atoms with Crippen LogP contribution in [0.2, 0.25) is 0 Å². The third-order valence-corrected chi connectivity index (χ3v) is 20.2. The van der Waals surface area contributed by atoms with Crippen LogP contribution in [0.3, 0.4) is 0 Å². The number of carbonyl (C=O) groups is 2. The molecule has 0 radical (unpaired) electrons. The van der Waals surface area contributed by atoms with Gasteiger partial charge in [0.1, 0.15) is 66.4 Å². The zero-order valence-electron chi connectivity index (χ0n) is 56.7. The number of amides is 1. The lowest BCUT2D eigenvalue weighted by Gasteiger charge is -2.39. The summed E-state index contributed by atoms with van der Waals surface area (Å²) >= 11 is 0. The Bertz CT molecular complexity index is 5020. The highest BCUT2D eigenvalue weighted by molar-refractivity contribution is 7.86. The van der Waals surface area contributed by atoms with Crippen molar-refractivity contribution >= 4 is 65.6 Å². The second-order valence-electron chi connectivity index (χ2n) is 24.4. The maximum absolute atomic E-state index is 14.5. The zero-order valence-corrected chi connectivity index (χ0v) is 59.1. The van der Waals surface area contributed by atoms with E-state index in [1.165, 1.54) is 106 Å². The van der Waals surface area contributed by atoms with Crippen LogP contribution in [0.4, 0.5) is 0 Å². The maximum atomic E-state index is 14.5. The summed E-state index contributed by atoms with van der Waals surface area (Å²) in [4.78, 5) is 44.8. The smallest absolute Gasteiger partial charge is 0.493 e. The van der Waals surface area contributed by atoms with Crippen molar-refractivity contribution in [3.05, 3.63) is 181 Å². The fourth-order valence-electron chi connectivity index (χ4n) is 12.1. The maximum Gasteiger partial charge on any atom is 0.501 e. The molecule has 32 heteroatoms. The number of nitrogens with zero attached hydrogens (tertiary/aromatic N) is 2. The van der Waals surface area contributed by atoms with Gasteiger partial charge in [0.2, 0.25) is 12.0 Å². The number of ether oxygens (including phenoxy) is 8. The molecule has 6 N–H and O–H groups in total. The van der Waals surface area contributed by atoms with Crippen LogP contribution in [0.25, 0.3) is 34.4 Å². The van der Waals surface area contributed by atoms with Gasteiger partial charge in [-0.2, -0.15) is 16.8 Å². The molecule has 6 atom stereocenters. The summed E-state index contributed by atoms with van der Waals surface area (Å²) in [6.07, 6.45) is -4.95. The Balaban J connectivity index is 0.854. The lowest BCUT2D eigenvalue weighted by atomic mass is 9.86. The first-order chi connectivity index (χ1) is 49.0. The third-order valence-electron chi connectivity index (χ3n) is 17.1. The summed E-state index contributed by atoms with van der Waals surface area (Å²) < 4.78 is 153. The Labute approximate surface area is 591 Å². The van der Waals surface area contributed by atoms with Crippen LogP contribution in [0.1, 0.15) is 94.5 Å². The minimum Gasteiger partial charge on any atom is -0.493 e. The number of methoxy groups -OCH3 is 4. The number of rotatable bonds is 28. The summed E-state index contributed by atoms with van der Waals surface area (Å²) in [7, 11) is -8.64. The molecule has 11 rings (SSSR count). The van der Waals surface area contributed by atoms with Crippen LogP contribution in [0, 0.1) is 0 Å². The van der Waals surface area contributed by atoms with Gasteiger partial charge in [-0.15, -0.1) is 8.42 Å². The quantitative estimate of drug-likeness (QED) is 0.0179. The van der Waals surface area contributed by atoms with Gasteiger partial charge in [0.05, 0.1) is 64.1 Å². The van der Waals surface area contributed by atoms with E-state index in [1.807, 2.05) is 6.92 Å². The Morgan fingerprint density at radius 2 is 1.33 bits per heavy atom. The molecule has 3 aliphatic heterocycles. The van der Waals surface area contributed by atoms with Gasteiger partial charge in [0.25, 0.3) is 11.5 Å². The van der Waals surface area contributed by atoms with Gasteiger partial charge in [-0.05, 0) is 146 Å². The summed E-state index contributed by atoms with van der Waals surface area (Å²) in [6, 6.07) is 26.4. The topological polar surface area (TPSA) is 395 Å². The molecule has 0 bridgehead atoms. The van der Waals surface area contributed by atoms with Gasteiger partial charge < -0.3 is 90.0 Å². The third kappa shape index (κ3) is 16.0. The van der Waals surface area contributed by atoms with E-state index in [-0.39, 0.29) is 88.8 Å². The number of hydrogen-bond acceptors (Lipinski definition) is 27. The molecule has 3 aliphatic rings. The summed E-state index contributed by atoms with van der Waals surface area (Å²) in [5.41, 5.74) is 1.77. The van der Waals surface area contributed by atoms with Crippen LogP contribution in [-0.2, 0) is 88.2 Å². The molecular formula is C71H73N3O26S3. The normalized spacial score (nSPS) is 18.7. The molecule has 6 aromatic carbocycles. The minimum absolute atomic E-state index is 0.0516. The molecule has 0 saturated carbocycles. The number of carbonyl (C=O) groups excluding carboxylic acids is 2. The first kappa shape index (κ1) is 74.2. The van der Waals surface area contributed by atoms with E-state index >= 15 is 0 Å². The molecule has 103 heavy (non-hydrogen) atoms. The van der Waals surface area contributed by atoms with Crippen LogP contribution < -0.4 is 56.0 Å². The van der Waals surface area contributed by atoms with E-state index < -0.39 is 114 Å². The van der Waals surface area contributed by atoms with Crippen molar-refractivity contribution in [2.75, 3.05) is 35.0 Å². The minimum atomic E-state index is -5.12. The van der Waals surface area contributed by atoms with E-state index in [4.69, 9.17) is 59.6 Å². The molecule has 1 saturated heterocycles. The van der Waals surface area contributed by atoms with Gasteiger partial charge in [0, 0.05) is 33.7 Å². The number of fused-ring (bicyclic) bond motifs is 5. The zero-order chi connectivity index (χ0) is 74.0. The van der Waals surface area contributed by atoms with Crippen molar-refractivity contribution in [1.29, 1.82) is 0 Å². The number of aromatic nitrogens is 2. The monoisotopic (exact) mass is 1480 g/mol. The first-order valence-corrected chi connectivity index (χ1v) is 36.5. The Morgan fingerprint density at radius 3 is 2.00 bits per heavy atom. The molecule has 2 aromatic heterocycles. The fraction of sp³-hybridized carbons (Fsp3) is 0.324. The molecule has 29 nitrogen and oxygen atoms in total. The van der Waals surface area contributed by atoms with Crippen molar-refractivity contribution in [2.45, 2.75) is 114 Å². The fourth-order valence-corrected chi connectivity index (χ4v) is 14.9. The van der Waals surface area contributed by atoms with E-state index in [0.717, 1.165) is 12.1 Å². The van der Waals surface area contributed by atoms with E-state index in [2.05, 4.69) is 5.32 Å². The van der Waals surface area contributed by atoms with Gasteiger partial charge in [-0.25, -0.2) is 9.78 Å². The average Bonchev–Trinajstić information content (AvgIpc) is 1.59. The number of benzene rings is 6. The van der Waals surface area contributed by atoms with Crippen molar-refractivity contribution in [1.82, 2.24) is 14.9 Å². The molecule has 1 unspecified atom stereocenters. The standard InChI is InChI=1S/C71H73N3O26S3/c1-9-47-48-30-46(20-21-52(48)73-62-49(47)32-74-53(62)31-51-50(68(74)80)35-94-70(81)71(51,82)10-2)97-102(85,86)37-44-25-42(36-101(83,84)99-57-26-39(15-23-55(57)89-5)11-12-41-27-59(90-6)66(92-8)60(28-41)91-7)16-22-54(44)93-34-40-13-18-45(19-14-40)98-103(87,88)100-58-29-43(67(79)72-38(3)4)17-24-56(58)95-69-65(78)64(77)63(76)61(33-75)96-69/h11-31,38,61,63-65,69,75-78,82H,9-10,32-37H2,1-8H3,(H,72,79)/b12-11-/t61-,63+,64+,65-,69-,71?/m1/s1. The first-order valence-electron chi connectivity index (χ1n) is 32.0. The van der Waals surface area contributed by atoms with Crippen LogP contribution in [0.15, 0.2) is 120 Å². The van der Waals surface area contributed by atoms with Gasteiger partial charge in [-0.1, -0.05) is 50.3 Å². The van der Waals surface area contributed by atoms with Crippen LogP contribution in [0.5, 0.6) is 57.5 Å². The van der Waals surface area contributed by atoms with Crippen LogP contribution >= 0.6 is 0 Å². The molecule has 1 amide bonds. The number of hydrogen-bond donors (Lipinski definition) is 6. The average molecular weight is 1480 g/mol. The molecule has 0 aliphatic carbocycles. The molecule has 5 heterocycles. The van der Waals surface area contributed by atoms with Crippen molar-refractivity contribution in [3.63, 3.8) is 0 Å². The summed E-state index contributed by atoms with van der Waals surface area (Å²) in [6.45, 7) is 5.50. The number of aliphatic hydroxyl groups is 5. The molecular weight excluding hydrogens is 1410 g/mol.